The van der Waals surface area contributed by atoms with Gasteiger partial charge in [0.25, 0.3) is 0 Å². The molecule has 0 saturated heterocycles. The summed E-state index contributed by atoms with van der Waals surface area (Å²) in [6.07, 6.45) is 7.44. The monoisotopic (exact) mass is 278 g/mol. The highest BCUT2D eigenvalue weighted by Gasteiger charge is 2.14. The third kappa shape index (κ3) is 3.19. The van der Waals surface area contributed by atoms with E-state index in [0.29, 0.717) is 12.1 Å². The van der Waals surface area contributed by atoms with Gasteiger partial charge >= 0.3 is 0 Å². The molecule has 1 heterocycles. The lowest BCUT2D eigenvalue weighted by Crippen LogP contribution is -2.08. The van der Waals surface area contributed by atoms with Gasteiger partial charge in [0.15, 0.2) is 0 Å². The zero-order valence-corrected chi connectivity index (χ0v) is 12.0. The van der Waals surface area contributed by atoms with E-state index in [1.54, 1.807) is 6.33 Å². The first-order valence-corrected chi connectivity index (χ1v) is 7.42. The van der Waals surface area contributed by atoms with Crippen LogP contribution in [0.2, 0.25) is 0 Å². The Kier molecular flexibility index (Phi) is 4.11. The van der Waals surface area contributed by atoms with Gasteiger partial charge < -0.3 is 5.32 Å². The number of nitrogens with one attached hydrogen (secondary N) is 1. The second kappa shape index (κ2) is 6.36. The number of hydrogen-bond acceptors (Lipinski definition) is 4. The molecule has 4 heteroatoms. The molecule has 0 spiro atoms. The van der Waals surface area contributed by atoms with Crippen molar-refractivity contribution in [1.82, 2.24) is 9.97 Å². The second-order valence-corrected chi connectivity index (χ2v) is 5.37. The summed E-state index contributed by atoms with van der Waals surface area (Å²) in [5.74, 6) is 0.948. The lowest BCUT2D eigenvalue weighted by atomic mass is 10.1. The van der Waals surface area contributed by atoms with E-state index in [1.807, 2.05) is 24.3 Å². The summed E-state index contributed by atoms with van der Waals surface area (Å²) >= 11 is 0. The van der Waals surface area contributed by atoms with Gasteiger partial charge in [-0.25, -0.2) is 9.97 Å². The SMILES string of the molecule is N#Cc1cccc(CNc2ncnc3c2CCCCC3)c1. The van der Waals surface area contributed by atoms with Crippen molar-refractivity contribution >= 4 is 5.82 Å². The minimum absolute atomic E-state index is 0.680. The van der Waals surface area contributed by atoms with E-state index >= 15 is 0 Å². The predicted octanol–water partition coefficient (Wildman–Crippen LogP) is 3.23. The van der Waals surface area contributed by atoms with Gasteiger partial charge in [-0.3, -0.25) is 0 Å². The molecule has 1 aromatic carbocycles. The summed E-state index contributed by atoms with van der Waals surface area (Å²) < 4.78 is 0. The van der Waals surface area contributed by atoms with Crippen molar-refractivity contribution in [3.63, 3.8) is 0 Å². The van der Waals surface area contributed by atoms with Crippen LogP contribution in [-0.2, 0) is 19.4 Å². The highest BCUT2D eigenvalue weighted by molar-refractivity contribution is 5.47. The first-order valence-electron chi connectivity index (χ1n) is 7.42. The van der Waals surface area contributed by atoms with Gasteiger partial charge in [-0.05, 0) is 43.4 Å². The molecule has 0 atom stereocenters. The van der Waals surface area contributed by atoms with Gasteiger partial charge in [-0.1, -0.05) is 18.6 Å². The molecule has 0 fully saturated rings. The van der Waals surface area contributed by atoms with Crippen LogP contribution < -0.4 is 5.32 Å². The lowest BCUT2D eigenvalue weighted by Gasteiger charge is -2.12. The second-order valence-electron chi connectivity index (χ2n) is 5.37. The molecule has 106 valence electrons. The lowest BCUT2D eigenvalue weighted by molar-refractivity contribution is 0.709. The molecule has 2 aromatic rings. The Bertz CT molecular complexity index is 673. The van der Waals surface area contributed by atoms with E-state index in [0.717, 1.165) is 24.2 Å². The smallest absolute Gasteiger partial charge is 0.133 e. The van der Waals surface area contributed by atoms with Crippen LogP contribution in [0.5, 0.6) is 0 Å². The molecule has 0 unspecified atom stereocenters. The summed E-state index contributed by atoms with van der Waals surface area (Å²) in [6.45, 7) is 0.680. The Labute approximate surface area is 124 Å². The Balaban J connectivity index is 1.77. The minimum Gasteiger partial charge on any atom is -0.366 e. The maximum absolute atomic E-state index is 8.95. The third-order valence-corrected chi connectivity index (χ3v) is 3.89. The van der Waals surface area contributed by atoms with Crippen LogP contribution in [0.3, 0.4) is 0 Å². The number of aromatic nitrogens is 2. The van der Waals surface area contributed by atoms with Crippen molar-refractivity contribution in [2.45, 2.75) is 38.6 Å². The topological polar surface area (TPSA) is 61.6 Å². The first-order chi connectivity index (χ1) is 10.4. The molecule has 0 amide bonds. The fraction of sp³-hybridized carbons (Fsp3) is 0.353. The largest absolute Gasteiger partial charge is 0.366 e. The van der Waals surface area contributed by atoms with E-state index < -0.39 is 0 Å². The van der Waals surface area contributed by atoms with Crippen molar-refractivity contribution in [3.05, 3.63) is 53.0 Å². The maximum Gasteiger partial charge on any atom is 0.133 e. The van der Waals surface area contributed by atoms with Gasteiger partial charge in [0.05, 0.1) is 11.6 Å². The van der Waals surface area contributed by atoms with Gasteiger partial charge in [0.2, 0.25) is 0 Å². The molecule has 0 radical (unpaired) electrons. The van der Waals surface area contributed by atoms with Crippen molar-refractivity contribution < 1.29 is 0 Å². The van der Waals surface area contributed by atoms with Crippen LogP contribution >= 0.6 is 0 Å². The number of nitriles is 1. The molecule has 1 aliphatic carbocycles. The number of benzene rings is 1. The average Bonchev–Trinajstić information content (AvgIpc) is 2.79. The van der Waals surface area contributed by atoms with Gasteiger partial charge in [0.1, 0.15) is 12.1 Å². The molecule has 3 rings (SSSR count). The molecule has 0 aliphatic heterocycles. The van der Waals surface area contributed by atoms with Crippen molar-refractivity contribution in [2.75, 3.05) is 5.32 Å². The normalized spacial score (nSPS) is 13.9. The summed E-state index contributed by atoms with van der Waals surface area (Å²) in [7, 11) is 0. The minimum atomic E-state index is 0.680. The maximum atomic E-state index is 8.95. The molecule has 0 bridgehead atoms. The summed E-state index contributed by atoms with van der Waals surface area (Å²) in [4.78, 5) is 8.83. The standard InChI is InChI=1S/C17H18N4/c18-10-13-5-4-6-14(9-13)11-19-17-15-7-2-1-3-8-16(15)20-12-21-17/h4-6,9,12H,1-3,7-8,11H2,(H,19,20,21). The quantitative estimate of drug-likeness (QED) is 0.876. The van der Waals surface area contributed by atoms with Gasteiger partial charge in [-0.15, -0.1) is 0 Å². The van der Waals surface area contributed by atoms with Gasteiger partial charge in [-0.2, -0.15) is 5.26 Å². The van der Waals surface area contributed by atoms with Gasteiger partial charge in [0, 0.05) is 17.8 Å². The Morgan fingerprint density at radius 2 is 2.05 bits per heavy atom. The molecular formula is C17H18N4. The van der Waals surface area contributed by atoms with Crippen LogP contribution in [0.4, 0.5) is 5.82 Å². The summed E-state index contributed by atoms with van der Waals surface area (Å²) in [6, 6.07) is 9.83. The fourth-order valence-electron chi connectivity index (χ4n) is 2.79. The van der Waals surface area contributed by atoms with Crippen LogP contribution in [0, 0.1) is 11.3 Å². The molecule has 1 aromatic heterocycles. The molecule has 1 N–H and O–H groups in total. The van der Waals surface area contributed by atoms with E-state index in [2.05, 4.69) is 21.4 Å². The number of rotatable bonds is 3. The van der Waals surface area contributed by atoms with Crippen molar-refractivity contribution in [3.8, 4) is 6.07 Å². The Morgan fingerprint density at radius 3 is 2.95 bits per heavy atom. The Morgan fingerprint density at radius 1 is 1.14 bits per heavy atom. The van der Waals surface area contributed by atoms with E-state index in [1.165, 1.54) is 30.5 Å². The first kappa shape index (κ1) is 13.6. The van der Waals surface area contributed by atoms with Crippen LogP contribution in [0.15, 0.2) is 30.6 Å². The molecule has 21 heavy (non-hydrogen) atoms. The average molecular weight is 278 g/mol. The van der Waals surface area contributed by atoms with E-state index in [-0.39, 0.29) is 0 Å². The third-order valence-electron chi connectivity index (χ3n) is 3.89. The number of aryl methyl sites for hydroxylation is 1. The number of nitrogens with zero attached hydrogens (tertiary/aromatic N) is 3. The van der Waals surface area contributed by atoms with Crippen LogP contribution in [0.1, 0.15) is 41.6 Å². The highest BCUT2D eigenvalue weighted by atomic mass is 15.0. The fourth-order valence-corrected chi connectivity index (χ4v) is 2.79. The molecule has 1 aliphatic rings. The Hall–Kier alpha value is -2.41. The predicted molar refractivity (Wildman–Crippen MR) is 81.8 cm³/mol. The zero-order valence-electron chi connectivity index (χ0n) is 12.0. The summed E-state index contributed by atoms with van der Waals surface area (Å²) in [5.41, 5.74) is 4.24. The van der Waals surface area contributed by atoms with Crippen LogP contribution in [0.25, 0.3) is 0 Å². The van der Waals surface area contributed by atoms with E-state index in [4.69, 9.17) is 5.26 Å². The van der Waals surface area contributed by atoms with Crippen molar-refractivity contribution in [2.24, 2.45) is 0 Å². The highest BCUT2D eigenvalue weighted by Crippen LogP contribution is 2.24. The number of hydrogen-bond donors (Lipinski definition) is 1. The van der Waals surface area contributed by atoms with Crippen LogP contribution in [-0.4, -0.2) is 9.97 Å². The number of fused-ring (bicyclic) bond motifs is 1. The van der Waals surface area contributed by atoms with Crippen molar-refractivity contribution in [1.29, 1.82) is 5.26 Å². The molecule has 4 nitrogen and oxygen atoms in total. The summed E-state index contributed by atoms with van der Waals surface area (Å²) in [5, 5.41) is 12.4. The zero-order chi connectivity index (χ0) is 14.5. The molecular weight excluding hydrogens is 260 g/mol. The molecule has 0 saturated carbocycles. The number of anilines is 1. The van der Waals surface area contributed by atoms with E-state index in [9.17, 15) is 0 Å².